The Kier molecular flexibility index (Phi) is 5.77. The first-order chi connectivity index (χ1) is 9.55. The van der Waals surface area contributed by atoms with Gasteiger partial charge in [-0.25, -0.2) is 0 Å². The van der Waals surface area contributed by atoms with Crippen molar-refractivity contribution < 1.29 is 19.0 Å². The summed E-state index contributed by atoms with van der Waals surface area (Å²) in [5, 5.41) is 6.15. The van der Waals surface area contributed by atoms with Gasteiger partial charge in [0.05, 0.1) is 19.3 Å². The summed E-state index contributed by atoms with van der Waals surface area (Å²) in [5.41, 5.74) is 0. The van der Waals surface area contributed by atoms with E-state index in [1.165, 1.54) is 0 Å². The molecule has 2 N–H and O–H groups in total. The maximum atomic E-state index is 11.7. The van der Waals surface area contributed by atoms with Crippen LogP contribution in [0, 0.1) is 0 Å². The molecule has 1 unspecified atom stereocenters. The van der Waals surface area contributed by atoms with Gasteiger partial charge in [-0.2, -0.15) is 0 Å². The Bertz CT molecular complexity index is 316. The van der Waals surface area contributed by atoms with Crippen LogP contribution >= 0.6 is 0 Å². The summed E-state index contributed by atoms with van der Waals surface area (Å²) in [6.07, 6.45) is 2.71. The Labute approximate surface area is 120 Å². The van der Waals surface area contributed by atoms with Gasteiger partial charge in [-0.05, 0) is 39.8 Å². The summed E-state index contributed by atoms with van der Waals surface area (Å²) in [4.78, 5) is 11.7. The van der Waals surface area contributed by atoms with Crippen LogP contribution in [0.4, 0.5) is 0 Å². The Morgan fingerprint density at radius 1 is 1.40 bits per heavy atom. The lowest BCUT2D eigenvalue weighted by molar-refractivity contribution is -0.139. The summed E-state index contributed by atoms with van der Waals surface area (Å²) in [6, 6.07) is 0. The van der Waals surface area contributed by atoms with Crippen molar-refractivity contribution in [2.24, 2.45) is 0 Å². The van der Waals surface area contributed by atoms with Gasteiger partial charge >= 0.3 is 0 Å². The van der Waals surface area contributed by atoms with Crippen molar-refractivity contribution in [3.8, 4) is 0 Å². The zero-order valence-corrected chi connectivity index (χ0v) is 12.4. The lowest BCUT2D eigenvalue weighted by Gasteiger charge is -2.22. The smallest absolute Gasteiger partial charge is 0.222 e. The molecule has 116 valence electrons. The number of rotatable bonds is 6. The van der Waals surface area contributed by atoms with E-state index in [1.54, 1.807) is 0 Å². The van der Waals surface area contributed by atoms with Gasteiger partial charge in [0, 0.05) is 13.0 Å². The first-order valence-corrected chi connectivity index (χ1v) is 7.46. The second kappa shape index (κ2) is 7.36. The van der Waals surface area contributed by atoms with Crippen molar-refractivity contribution in [1.82, 2.24) is 10.6 Å². The van der Waals surface area contributed by atoms with Crippen LogP contribution in [-0.2, 0) is 19.0 Å². The van der Waals surface area contributed by atoms with E-state index in [9.17, 15) is 4.79 Å². The van der Waals surface area contributed by atoms with E-state index in [1.807, 2.05) is 13.8 Å². The van der Waals surface area contributed by atoms with Crippen molar-refractivity contribution in [2.45, 2.75) is 51.1 Å². The third kappa shape index (κ3) is 5.36. The minimum Gasteiger partial charge on any atom is -0.378 e. The van der Waals surface area contributed by atoms with Crippen LogP contribution in [0.15, 0.2) is 0 Å². The van der Waals surface area contributed by atoms with Crippen LogP contribution in [0.5, 0.6) is 0 Å². The second-order valence-electron chi connectivity index (χ2n) is 5.82. The molecule has 2 saturated heterocycles. The minimum absolute atomic E-state index is 0.00670. The fourth-order valence-corrected chi connectivity index (χ4v) is 2.46. The van der Waals surface area contributed by atoms with Crippen LogP contribution in [0.25, 0.3) is 0 Å². The number of nitrogens with one attached hydrogen (secondary N) is 2. The van der Waals surface area contributed by atoms with E-state index in [-0.39, 0.29) is 12.0 Å². The fraction of sp³-hybridized carbons (Fsp3) is 0.929. The molecule has 0 saturated carbocycles. The van der Waals surface area contributed by atoms with E-state index in [2.05, 4.69) is 10.6 Å². The average molecular weight is 286 g/mol. The lowest BCUT2D eigenvalue weighted by Crippen LogP contribution is -2.36. The van der Waals surface area contributed by atoms with Gasteiger partial charge in [0.15, 0.2) is 5.79 Å². The first kappa shape index (κ1) is 15.7. The highest BCUT2D eigenvalue weighted by atomic mass is 16.7. The third-order valence-electron chi connectivity index (χ3n) is 3.56. The van der Waals surface area contributed by atoms with Crippen molar-refractivity contribution in [2.75, 3.05) is 32.8 Å². The molecule has 20 heavy (non-hydrogen) atoms. The van der Waals surface area contributed by atoms with Crippen molar-refractivity contribution in [3.05, 3.63) is 0 Å². The van der Waals surface area contributed by atoms with E-state index in [4.69, 9.17) is 14.2 Å². The van der Waals surface area contributed by atoms with Gasteiger partial charge in [-0.1, -0.05) is 0 Å². The third-order valence-corrected chi connectivity index (χ3v) is 3.56. The van der Waals surface area contributed by atoms with Crippen molar-refractivity contribution in [1.29, 1.82) is 0 Å². The van der Waals surface area contributed by atoms with Gasteiger partial charge in [0.2, 0.25) is 5.91 Å². The van der Waals surface area contributed by atoms with E-state index < -0.39 is 5.79 Å². The van der Waals surface area contributed by atoms with Crippen LogP contribution < -0.4 is 10.6 Å². The summed E-state index contributed by atoms with van der Waals surface area (Å²) >= 11 is 0. The number of hydrogen-bond donors (Lipinski definition) is 2. The van der Waals surface area contributed by atoms with E-state index >= 15 is 0 Å². The Morgan fingerprint density at radius 3 is 2.80 bits per heavy atom. The SMILES string of the molecule is CC1(C)OCC(CNC(=O)CCOC2CCNCC2)O1. The molecule has 0 spiro atoms. The highest BCUT2D eigenvalue weighted by molar-refractivity contribution is 5.75. The highest BCUT2D eigenvalue weighted by Crippen LogP contribution is 2.21. The van der Waals surface area contributed by atoms with E-state index in [0.29, 0.717) is 32.3 Å². The number of carbonyl (C=O) groups is 1. The molecule has 0 aromatic heterocycles. The fourth-order valence-electron chi connectivity index (χ4n) is 2.46. The number of carbonyl (C=O) groups excluding carboxylic acids is 1. The van der Waals surface area contributed by atoms with Gasteiger partial charge in [0.1, 0.15) is 6.10 Å². The molecule has 1 atom stereocenters. The molecule has 0 aromatic rings. The largest absolute Gasteiger partial charge is 0.378 e. The molecule has 2 aliphatic rings. The van der Waals surface area contributed by atoms with Crippen molar-refractivity contribution in [3.63, 3.8) is 0 Å². The standard InChI is InChI=1S/C14H26N2O4/c1-14(2)19-10-12(20-14)9-16-13(17)5-8-18-11-3-6-15-7-4-11/h11-12,15H,3-10H2,1-2H3,(H,16,17). The average Bonchev–Trinajstić information content (AvgIpc) is 2.77. The predicted octanol–water partition coefficient (Wildman–Crippen LogP) is 0.413. The molecule has 0 bridgehead atoms. The van der Waals surface area contributed by atoms with E-state index in [0.717, 1.165) is 25.9 Å². The molecule has 2 rings (SSSR count). The Morgan fingerprint density at radius 2 is 2.15 bits per heavy atom. The predicted molar refractivity (Wildman–Crippen MR) is 74.4 cm³/mol. The summed E-state index contributed by atoms with van der Waals surface area (Å²) in [7, 11) is 0. The molecular weight excluding hydrogens is 260 g/mol. The van der Waals surface area contributed by atoms with Gasteiger partial charge in [-0.3, -0.25) is 4.79 Å². The zero-order chi connectivity index (χ0) is 14.4. The quantitative estimate of drug-likeness (QED) is 0.740. The molecule has 0 aromatic carbocycles. The zero-order valence-electron chi connectivity index (χ0n) is 12.4. The van der Waals surface area contributed by atoms with Crippen molar-refractivity contribution >= 4 is 5.91 Å². The summed E-state index contributed by atoms with van der Waals surface area (Å²) in [5.74, 6) is -0.527. The molecule has 2 fully saturated rings. The van der Waals surface area contributed by atoms with Crippen LogP contribution in [0.1, 0.15) is 33.1 Å². The maximum Gasteiger partial charge on any atom is 0.222 e. The van der Waals surface area contributed by atoms with Crippen LogP contribution in [-0.4, -0.2) is 56.8 Å². The number of ether oxygens (including phenoxy) is 3. The van der Waals surface area contributed by atoms with Gasteiger partial charge in [0.25, 0.3) is 0 Å². The monoisotopic (exact) mass is 286 g/mol. The molecule has 0 aliphatic carbocycles. The number of piperidine rings is 1. The first-order valence-electron chi connectivity index (χ1n) is 7.46. The minimum atomic E-state index is -0.534. The lowest BCUT2D eigenvalue weighted by atomic mass is 10.1. The maximum absolute atomic E-state index is 11.7. The molecule has 0 radical (unpaired) electrons. The molecule has 1 amide bonds. The molecule has 6 heteroatoms. The Hall–Kier alpha value is -0.690. The molecular formula is C14H26N2O4. The second-order valence-corrected chi connectivity index (χ2v) is 5.82. The molecule has 2 heterocycles. The number of hydrogen-bond acceptors (Lipinski definition) is 5. The van der Waals surface area contributed by atoms with Crippen LogP contribution in [0.3, 0.4) is 0 Å². The summed E-state index contributed by atoms with van der Waals surface area (Å²) in [6.45, 7) is 7.28. The topological polar surface area (TPSA) is 68.8 Å². The van der Waals surface area contributed by atoms with Gasteiger partial charge < -0.3 is 24.8 Å². The molecule has 6 nitrogen and oxygen atoms in total. The highest BCUT2D eigenvalue weighted by Gasteiger charge is 2.32. The number of amides is 1. The molecule has 2 aliphatic heterocycles. The normalized spacial score (nSPS) is 26.6. The van der Waals surface area contributed by atoms with Gasteiger partial charge in [-0.15, -0.1) is 0 Å². The Balaban J connectivity index is 1.52. The van der Waals surface area contributed by atoms with Crippen LogP contribution in [0.2, 0.25) is 0 Å². The summed E-state index contributed by atoms with van der Waals surface area (Å²) < 4.78 is 16.8.